The molecule has 4 N–H and O–H groups in total. The van der Waals surface area contributed by atoms with Gasteiger partial charge in [0.25, 0.3) is 0 Å². The molecule has 8 nitrogen and oxygen atoms in total. The molecule has 0 radical (unpaired) electrons. The number of hydrogen-bond donors (Lipinski definition) is 3. The number of aromatic nitrogens is 2. The first-order valence-electron chi connectivity index (χ1n) is 10.4. The molecule has 1 aliphatic rings. The summed E-state index contributed by atoms with van der Waals surface area (Å²) in [5, 5.41) is 11.6. The van der Waals surface area contributed by atoms with E-state index < -0.39 is 0 Å². The smallest absolute Gasteiger partial charge is 0.225 e. The molecule has 3 aromatic rings. The molecule has 1 amide bonds. The predicted octanol–water partition coefficient (Wildman–Crippen LogP) is 3.66. The molecule has 1 aromatic carbocycles. The minimum absolute atomic E-state index is 0.0141. The lowest BCUT2D eigenvalue weighted by atomic mass is 10.0. The Hall–Kier alpha value is -3.78. The average Bonchev–Trinajstić information content (AvgIpc) is 2.80. The molecule has 32 heavy (non-hydrogen) atoms. The molecular formula is C24H25N5O3. The third kappa shape index (κ3) is 4.92. The van der Waals surface area contributed by atoms with E-state index in [4.69, 9.17) is 20.6 Å². The Labute approximate surface area is 186 Å². The van der Waals surface area contributed by atoms with Gasteiger partial charge in [0.1, 0.15) is 6.10 Å². The summed E-state index contributed by atoms with van der Waals surface area (Å²) in [7, 11) is 0. The number of carbonyl (C=O) groups excluding carboxylic acids is 1. The van der Waals surface area contributed by atoms with Crippen molar-refractivity contribution in [1.82, 2.24) is 9.97 Å². The molecule has 0 atom stereocenters. The molecule has 0 spiro atoms. The fourth-order valence-corrected chi connectivity index (χ4v) is 3.56. The van der Waals surface area contributed by atoms with E-state index in [1.807, 2.05) is 30.3 Å². The van der Waals surface area contributed by atoms with E-state index in [9.17, 15) is 4.79 Å². The van der Waals surface area contributed by atoms with Gasteiger partial charge in [0.05, 0.1) is 30.2 Å². The quantitative estimate of drug-likeness (QED) is 0.512. The summed E-state index contributed by atoms with van der Waals surface area (Å²) in [6.45, 7) is 2.76. The molecule has 0 unspecified atom stereocenters. The summed E-state index contributed by atoms with van der Waals surface area (Å²) in [6, 6.07) is 12.6. The van der Waals surface area contributed by atoms with Gasteiger partial charge in [0.15, 0.2) is 0 Å². The summed E-state index contributed by atoms with van der Waals surface area (Å²) in [4.78, 5) is 20.0. The van der Waals surface area contributed by atoms with Crippen molar-refractivity contribution in [2.75, 3.05) is 24.3 Å². The van der Waals surface area contributed by atoms with Gasteiger partial charge in [-0.1, -0.05) is 12.1 Å². The van der Waals surface area contributed by atoms with Crippen LogP contribution in [0.2, 0.25) is 0 Å². The van der Waals surface area contributed by atoms with Crippen LogP contribution in [-0.4, -0.2) is 40.9 Å². The lowest BCUT2D eigenvalue weighted by molar-refractivity contribution is -0.114. The monoisotopic (exact) mass is 431 g/mol. The number of nitrogen functional groups attached to an aromatic ring is 1. The highest BCUT2D eigenvalue weighted by Gasteiger charge is 2.22. The first kappa shape index (κ1) is 21.5. The lowest BCUT2D eigenvalue weighted by Gasteiger charge is -2.24. The number of pyridine rings is 2. The molecule has 2 aromatic heterocycles. The zero-order valence-electron chi connectivity index (χ0n) is 17.8. The standard InChI is InChI=1S/C24H25N5O3/c1-15(30)29-18-4-2-16(3-5-18)21-14-17(6-10-27-21)23(26)22-20(25)7-11-28-24(22)32-19-8-12-31-13-9-19/h2-7,10-11,14,19,26H,8-9,12-13H2,1H3,(H2,25,28)(H,29,30). The lowest BCUT2D eigenvalue weighted by Crippen LogP contribution is -2.27. The van der Waals surface area contributed by atoms with Gasteiger partial charge in [0, 0.05) is 54.7 Å². The minimum atomic E-state index is -0.126. The minimum Gasteiger partial charge on any atom is -0.474 e. The van der Waals surface area contributed by atoms with Crippen LogP contribution in [0.5, 0.6) is 5.88 Å². The second-order valence-electron chi connectivity index (χ2n) is 7.57. The SMILES string of the molecule is CC(=O)Nc1ccc(-c2cc(C(=N)c3c(N)ccnc3OC3CCOCC3)ccn2)cc1. The second-order valence-corrected chi connectivity index (χ2v) is 7.57. The number of anilines is 2. The first-order chi connectivity index (χ1) is 15.5. The van der Waals surface area contributed by atoms with Gasteiger partial charge >= 0.3 is 0 Å². The van der Waals surface area contributed by atoms with Crippen LogP contribution in [0.25, 0.3) is 11.3 Å². The largest absolute Gasteiger partial charge is 0.474 e. The van der Waals surface area contributed by atoms with Gasteiger partial charge in [-0.3, -0.25) is 15.2 Å². The Morgan fingerprint density at radius 3 is 2.56 bits per heavy atom. The molecule has 164 valence electrons. The summed E-state index contributed by atoms with van der Waals surface area (Å²) < 4.78 is 11.5. The fraction of sp³-hybridized carbons (Fsp3) is 0.250. The van der Waals surface area contributed by atoms with Crippen molar-refractivity contribution in [1.29, 1.82) is 5.41 Å². The Morgan fingerprint density at radius 1 is 1.12 bits per heavy atom. The van der Waals surface area contributed by atoms with Gasteiger partial charge in [-0.25, -0.2) is 4.98 Å². The first-order valence-corrected chi connectivity index (χ1v) is 10.4. The zero-order chi connectivity index (χ0) is 22.5. The van der Waals surface area contributed by atoms with Gasteiger partial charge in [-0.2, -0.15) is 0 Å². The van der Waals surface area contributed by atoms with Crippen LogP contribution in [0.3, 0.4) is 0 Å². The van der Waals surface area contributed by atoms with Crippen LogP contribution in [0.15, 0.2) is 54.9 Å². The predicted molar refractivity (Wildman–Crippen MR) is 123 cm³/mol. The average molecular weight is 431 g/mol. The maximum absolute atomic E-state index is 11.2. The topological polar surface area (TPSA) is 123 Å². The highest BCUT2D eigenvalue weighted by Crippen LogP contribution is 2.28. The summed E-state index contributed by atoms with van der Waals surface area (Å²) in [5.41, 5.74) is 10.3. The molecule has 4 rings (SSSR count). The highest BCUT2D eigenvalue weighted by molar-refractivity contribution is 6.15. The maximum atomic E-state index is 11.2. The molecule has 1 fully saturated rings. The number of nitrogens with two attached hydrogens (primary N) is 1. The number of carbonyl (C=O) groups is 1. The number of amides is 1. The van der Waals surface area contributed by atoms with Crippen LogP contribution >= 0.6 is 0 Å². The van der Waals surface area contributed by atoms with E-state index in [0.29, 0.717) is 47.3 Å². The molecule has 1 aliphatic heterocycles. The van der Waals surface area contributed by atoms with Gasteiger partial charge in [-0.15, -0.1) is 0 Å². The van der Waals surface area contributed by atoms with Crippen LogP contribution in [0.1, 0.15) is 30.9 Å². The summed E-state index contributed by atoms with van der Waals surface area (Å²) >= 11 is 0. The Morgan fingerprint density at radius 2 is 1.84 bits per heavy atom. The molecule has 8 heteroatoms. The van der Waals surface area contributed by atoms with Crippen LogP contribution in [0.4, 0.5) is 11.4 Å². The fourth-order valence-electron chi connectivity index (χ4n) is 3.56. The summed E-state index contributed by atoms with van der Waals surface area (Å²) in [6.07, 6.45) is 4.79. The molecule has 3 heterocycles. The number of nitrogens with one attached hydrogen (secondary N) is 2. The molecular weight excluding hydrogens is 406 g/mol. The summed E-state index contributed by atoms with van der Waals surface area (Å²) in [5.74, 6) is 0.235. The third-order valence-corrected chi connectivity index (χ3v) is 5.19. The van der Waals surface area contributed by atoms with E-state index in [0.717, 1.165) is 18.4 Å². The van der Waals surface area contributed by atoms with Crippen molar-refractivity contribution in [2.24, 2.45) is 0 Å². The number of hydrogen-bond acceptors (Lipinski definition) is 7. The van der Waals surface area contributed by atoms with Crippen molar-refractivity contribution in [3.63, 3.8) is 0 Å². The Kier molecular flexibility index (Phi) is 6.42. The van der Waals surface area contributed by atoms with Gasteiger partial charge in [0.2, 0.25) is 11.8 Å². The van der Waals surface area contributed by atoms with Gasteiger partial charge < -0.3 is 20.5 Å². The van der Waals surface area contributed by atoms with Crippen molar-refractivity contribution in [2.45, 2.75) is 25.9 Å². The van der Waals surface area contributed by atoms with Gasteiger partial charge in [-0.05, 0) is 30.3 Å². The van der Waals surface area contributed by atoms with E-state index >= 15 is 0 Å². The second kappa shape index (κ2) is 9.57. The van der Waals surface area contributed by atoms with Crippen LogP contribution < -0.4 is 15.8 Å². The molecule has 1 saturated heterocycles. The van der Waals surface area contributed by atoms with Crippen molar-refractivity contribution >= 4 is 23.0 Å². The van der Waals surface area contributed by atoms with Crippen molar-refractivity contribution in [3.05, 3.63) is 66.0 Å². The number of benzene rings is 1. The van der Waals surface area contributed by atoms with E-state index in [2.05, 4.69) is 15.3 Å². The molecule has 0 aliphatic carbocycles. The Balaban J connectivity index is 1.61. The van der Waals surface area contributed by atoms with Crippen LogP contribution in [-0.2, 0) is 9.53 Å². The maximum Gasteiger partial charge on any atom is 0.225 e. The number of nitrogens with zero attached hydrogens (tertiary/aromatic N) is 2. The van der Waals surface area contributed by atoms with E-state index in [1.165, 1.54) is 6.92 Å². The van der Waals surface area contributed by atoms with Crippen molar-refractivity contribution in [3.8, 4) is 17.1 Å². The normalized spacial score (nSPS) is 14.0. The molecule has 0 saturated carbocycles. The zero-order valence-corrected chi connectivity index (χ0v) is 17.8. The van der Waals surface area contributed by atoms with Crippen molar-refractivity contribution < 1.29 is 14.3 Å². The highest BCUT2D eigenvalue weighted by atomic mass is 16.5. The van der Waals surface area contributed by atoms with E-state index in [-0.39, 0.29) is 17.7 Å². The number of rotatable bonds is 6. The number of ether oxygens (including phenoxy) is 2. The third-order valence-electron chi connectivity index (χ3n) is 5.19. The molecule has 0 bridgehead atoms. The van der Waals surface area contributed by atoms with Crippen LogP contribution in [0, 0.1) is 5.41 Å². The Bertz CT molecular complexity index is 1120. The van der Waals surface area contributed by atoms with E-state index in [1.54, 1.807) is 24.5 Å².